The van der Waals surface area contributed by atoms with E-state index in [0.717, 1.165) is 11.3 Å². The van der Waals surface area contributed by atoms with E-state index in [4.69, 9.17) is 12.2 Å². The van der Waals surface area contributed by atoms with Gasteiger partial charge in [-0.3, -0.25) is 0 Å². The lowest BCUT2D eigenvalue weighted by Crippen LogP contribution is -2.02. The Kier molecular flexibility index (Phi) is 2.06. The normalized spacial score (nSPS) is 10.5. The molecule has 0 bridgehead atoms. The number of H-pyrrole nitrogens is 1. The Morgan fingerprint density at radius 3 is 2.85 bits per heavy atom. The van der Waals surface area contributed by atoms with E-state index >= 15 is 0 Å². The zero-order valence-electron chi connectivity index (χ0n) is 7.40. The van der Waals surface area contributed by atoms with Gasteiger partial charge in [0.05, 0.1) is 6.54 Å². The minimum absolute atomic E-state index is 0.765. The molecule has 3 nitrogen and oxygen atoms in total. The van der Waals surface area contributed by atoms with Crippen LogP contribution in [0.1, 0.15) is 5.69 Å². The first-order valence-electron chi connectivity index (χ1n) is 4.11. The van der Waals surface area contributed by atoms with Crippen LogP contribution in [0.15, 0.2) is 30.7 Å². The summed E-state index contributed by atoms with van der Waals surface area (Å²) in [6, 6.07) is 4.13. The number of aryl methyl sites for hydroxylation is 1. The van der Waals surface area contributed by atoms with Crippen molar-refractivity contribution in [2.75, 3.05) is 0 Å². The fourth-order valence-corrected chi connectivity index (χ4v) is 1.50. The van der Waals surface area contributed by atoms with Crippen LogP contribution in [0.25, 0.3) is 0 Å². The molecule has 0 saturated carbocycles. The molecule has 0 saturated heterocycles. The number of hydrogen-bond acceptors (Lipinski definition) is 1. The van der Waals surface area contributed by atoms with Crippen LogP contribution in [0.3, 0.4) is 0 Å². The Morgan fingerprint density at radius 2 is 2.31 bits per heavy atom. The summed E-state index contributed by atoms with van der Waals surface area (Å²) in [7, 11) is 2.03. The van der Waals surface area contributed by atoms with Crippen LogP contribution < -0.4 is 0 Å². The predicted molar refractivity (Wildman–Crippen MR) is 54.1 cm³/mol. The number of hydrogen-bond donors (Lipinski definition) is 1. The molecule has 0 spiro atoms. The van der Waals surface area contributed by atoms with E-state index in [-0.39, 0.29) is 0 Å². The molecule has 2 aromatic heterocycles. The largest absolute Gasteiger partial charge is 0.353 e. The Labute approximate surface area is 81.6 Å². The van der Waals surface area contributed by atoms with Crippen molar-refractivity contribution in [3.8, 4) is 0 Å². The lowest BCUT2D eigenvalue weighted by Gasteiger charge is -2.03. The highest BCUT2D eigenvalue weighted by atomic mass is 32.1. The second-order valence-electron chi connectivity index (χ2n) is 3.00. The molecular weight excluding hydrogens is 182 g/mol. The van der Waals surface area contributed by atoms with Gasteiger partial charge in [0.2, 0.25) is 0 Å². The molecular formula is C9H11N3S. The van der Waals surface area contributed by atoms with Gasteiger partial charge in [-0.05, 0) is 24.4 Å². The summed E-state index contributed by atoms with van der Waals surface area (Å²) < 4.78 is 4.86. The SMILES string of the molecule is Cn1cccc1Cn1cc[nH]c1=S. The van der Waals surface area contributed by atoms with Crippen LogP contribution in [0.4, 0.5) is 0 Å². The molecule has 68 valence electrons. The summed E-state index contributed by atoms with van der Waals surface area (Å²) in [6.45, 7) is 0.825. The Balaban J connectivity index is 2.29. The van der Waals surface area contributed by atoms with Crippen LogP contribution in [0.2, 0.25) is 0 Å². The van der Waals surface area contributed by atoms with Crippen molar-refractivity contribution < 1.29 is 0 Å². The molecule has 0 atom stereocenters. The predicted octanol–water partition coefficient (Wildman–Crippen LogP) is 1.93. The minimum atomic E-state index is 0.765. The van der Waals surface area contributed by atoms with Crippen molar-refractivity contribution in [2.45, 2.75) is 6.54 Å². The fourth-order valence-electron chi connectivity index (χ4n) is 1.31. The maximum Gasteiger partial charge on any atom is 0.177 e. The van der Waals surface area contributed by atoms with E-state index in [1.165, 1.54) is 5.69 Å². The molecule has 2 heterocycles. The summed E-state index contributed by atoms with van der Waals surface area (Å²) in [5, 5.41) is 0. The first-order chi connectivity index (χ1) is 6.27. The van der Waals surface area contributed by atoms with Crippen LogP contribution in [0, 0.1) is 4.77 Å². The first-order valence-corrected chi connectivity index (χ1v) is 4.52. The third-order valence-corrected chi connectivity index (χ3v) is 2.46. The zero-order chi connectivity index (χ0) is 9.26. The van der Waals surface area contributed by atoms with E-state index in [1.807, 2.05) is 36.3 Å². The van der Waals surface area contributed by atoms with Crippen molar-refractivity contribution >= 4 is 12.2 Å². The van der Waals surface area contributed by atoms with Crippen LogP contribution in [-0.2, 0) is 13.6 Å². The van der Waals surface area contributed by atoms with Gasteiger partial charge in [-0.2, -0.15) is 0 Å². The van der Waals surface area contributed by atoms with Crippen molar-refractivity contribution in [1.82, 2.24) is 14.1 Å². The molecule has 0 aliphatic carbocycles. The van der Waals surface area contributed by atoms with E-state index in [9.17, 15) is 0 Å². The van der Waals surface area contributed by atoms with Crippen molar-refractivity contribution in [1.29, 1.82) is 0 Å². The number of nitrogens with zero attached hydrogens (tertiary/aromatic N) is 2. The Hall–Kier alpha value is -1.29. The molecule has 0 aliphatic rings. The molecule has 13 heavy (non-hydrogen) atoms. The molecule has 0 radical (unpaired) electrons. The lowest BCUT2D eigenvalue weighted by molar-refractivity contribution is 0.715. The number of rotatable bonds is 2. The summed E-state index contributed by atoms with van der Waals surface area (Å²) in [6.07, 6.45) is 5.84. The molecule has 0 fully saturated rings. The van der Waals surface area contributed by atoms with E-state index < -0.39 is 0 Å². The highest BCUT2D eigenvalue weighted by Gasteiger charge is 1.98. The van der Waals surface area contributed by atoms with E-state index in [2.05, 4.69) is 15.6 Å². The fraction of sp³-hybridized carbons (Fsp3) is 0.222. The van der Waals surface area contributed by atoms with Crippen LogP contribution in [-0.4, -0.2) is 14.1 Å². The highest BCUT2D eigenvalue weighted by molar-refractivity contribution is 7.71. The van der Waals surface area contributed by atoms with Crippen LogP contribution >= 0.6 is 12.2 Å². The van der Waals surface area contributed by atoms with E-state index in [0.29, 0.717) is 0 Å². The highest BCUT2D eigenvalue weighted by Crippen LogP contribution is 2.03. The Bertz CT molecular complexity index is 449. The Morgan fingerprint density at radius 1 is 1.46 bits per heavy atom. The molecule has 0 amide bonds. The van der Waals surface area contributed by atoms with Crippen molar-refractivity contribution in [3.05, 3.63) is 41.2 Å². The van der Waals surface area contributed by atoms with Crippen molar-refractivity contribution in [2.24, 2.45) is 7.05 Å². The molecule has 0 aliphatic heterocycles. The average molecular weight is 193 g/mol. The second kappa shape index (κ2) is 3.22. The van der Waals surface area contributed by atoms with Gasteiger partial charge >= 0.3 is 0 Å². The number of imidazole rings is 1. The van der Waals surface area contributed by atoms with Gasteiger partial charge in [-0.1, -0.05) is 0 Å². The van der Waals surface area contributed by atoms with Gasteiger partial charge in [0.1, 0.15) is 0 Å². The summed E-state index contributed by atoms with van der Waals surface area (Å²) in [4.78, 5) is 2.97. The molecule has 0 aromatic carbocycles. The van der Waals surface area contributed by atoms with E-state index in [1.54, 1.807) is 0 Å². The second-order valence-corrected chi connectivity index (χ2v) is 3.39. The molecule has 1 N–H and O–H groups in total. The minimum Gasteiger partial charge on any atom is -0.353 e. The monoisotopic (exact) mass is 193 g/mol. The topological polar surface area (TPSA) is 25.6 Å². The maximum atomic E-state index is 5.10. The molecule has 2 rings (SSSR count). The number of nitrogens with one attached hydrogen (secondary N) is 1. The summed E-state index contributed by atoms with van der Waals surface area (Å²) in [5.41, 5.74) is 1.25. The smallest absolute Gasteiger partial charge is 0.177 e. The van der Waals surface area contributed by atoms with Gasteiger partial charge in [0.25, 0.3) is 0 Å². The number of aromatic nitrogens is 3. The third kappa shape index (κ3) is 1.58. The quantitative estimate of drug-likeness (QED) is 0.724. The standard InChI is InChI=1S/C9H11N3S/c1-11-5-2-3-8(11)7-12-6-4-10-9(12)13/h2-6H,7H2,1H3,(H,10,13). The molecule has 0 unspecified atom stereocenters. The summed E-state index contributed by atoms with van der Waals surface area (Å²) >= 11 is 5.10. The third-order valence-electron chi connectivity index (χ3n) is 2.11. The maximum absolute atomic E-state index is 5.10. The first kappa shape index (κ1) is 8.31. The van der Waals surface area contributed by atoms with Gasteiger partial charge in [0, 0.05) is 31.3 Å². The summed E-state index contributed by atoms with van der Waals surface area (Å²) in [5.74, 6) is 0. The molecule has 2 aromatic rings. The lowest BCUT2D eigenvalue weighted by atomic mass is 10.4. The van der Waals surface area contributed by atoms with Gasteiger partial charge in [-0.25, -0.2) is 0 Å². The van der Waals surface area contributed by atoms with Gasteiger partial charge in [0.15, 0.2) is 4.77 Å². The number of aromatic amines is 1. The molecule has 4 heteroatoms. The zero-order valence-corrected chi connectivity index (χ0v) is 8.21. The average Bonchev–Trinajstić information content (AvgIpc) is 2.65. The van der Waals surface area contributed by atoms with Gasteiger partial charge in [-0.15, -0.1) is 0 Å². The van der Waals surface area contributed by atoms with Crippen LogP contribution in [0.5, 0.6) is 0 Å². The van der Waals surface area contributed by atoms with Crippen molar-refractivity contribution in [3.63, 3.8) is 0 Å². The van der Waals surface area contributed by atoms with Gasteiger partial charge < -0.3 is 14.1 Å².